The van der Waals surface area contributed by atoms with Gasteiger partial charge in [-0.25, -0.2) is 13.4 Å². The zero-order valence-corrected chi connectivity index (χ0v) is 17.9. The van der Waals surface area contributed by atoms with Crippen LogP contribution in [0.2, 0.25) is 0 Å². The summed E-state index contributed by atoms with van der Waals surface area (Å²) in [6, 6.07) is 13.1. The second kappa shape index (κ2) is 7.33. The molecule has 10 heteroatoms. The van der Waals surface area contributed by atoms with Crippen molar-refractivity contribution < 1.29 is 13.2 Å². The van der Waals surface area contributed by atoms with Crippen LogP contribution >= 0.6 is 11.3 Å². The Kier molecular flexibility index (Phi) is 4.60. The van der Waals surface area contributed by atoms with Gasteiger partial charge in [0.25, 0.3) is 10.0 Å². The highest BCUT2D eigenvalue weighted by Crippen LogP contribution is 2.24. The number of imidazole rings is 1. The molecule has 1 aliphatic heterocycles. The minimum Gasteiger partial charge on any atom is -0.324 e. The third-order valence-electron chi connectivity index (χ3n) is 4.91. The summed E-state index contributed by atoms with van der Waals surface area (Å²) in [6.45, 7) is 1.61. The lowest BCUT2D eigenvalue weighted by Crippen LogP contribution is -2.28. The van der Waals surface area contributed by atoms with Crippen LogP contribution in [0.3, 0.4) is 0 Å². The van der Waals surface area contributed by atoms with Gasteiger partial charge >= 0.3 is 0 Å². The summed E-state index contributed by atoms with van der Waals surface area (Å²) in [5, 5.41) is 4.79. The first-order valence-electron chi connectivity index (χ1n) is 9.44. The third kappa shape index (κ3) is 3.60. The predicted molar refractivity (Wildman–Crippen MR) is 120 cm³/mol. The van der Waals surface area contributed by atoms with Crippen LogP contribution in [-0.2, 0) is 14.8 Å². The Bertz CT molecular complexity index is 1410. The molecule has 5 rings (SSSR count). The number of carbonyl (C=O) groups excluding carboxylic acids is 1. The number of benzene rings is 2. The van der Waals surface area contributed by atoms with Crippen LogP contribution in [0.1, 0.15) is 12.5 Å². The number of nitrogens with zero attached hydrogens (tertiary/aromatic N) is 3. The Balaban J connectivity index is 1.31. The van der Waals surface area contributed by atoms with Gasteiger partial charge in [-0.05, 0) is 31.2 Å². The Hall–Kier alpha value is -3.50. The smallest absolute Gasteiger partial charge is 0.263 e. The zero-order valence-electron chi connectivity index (χ0n) is 16.3. The summed E-state index contributed by atoms with van der Waals surface area (Å²) in [7, 11) is -3.64. The Labute approximate surface area is 182 Å². The molecule has 0 radical (unpaired) electrons. The lowest BCUT2D eigenvalue weighted by molar-refractivity contribution is -0.117. The topological polar surface area (TPSA) is 105 Å². The molecule has 3 heterocycles. The predicted octanol–water partition coefficient (Wildman–Crippen LogP) is 3.13. The number of carbonyl (C=O) groups is 1. The van der Waals surface area contributed by atoms with Crippen LogP contribution in [-0.4, -0.2) is 35.6 Å². The van der Waals surface area contributed by atoms with Crippen molar-refractivity contribution in [2.24, 2.45) is 4.99 Å². The van der Waals surface area contributed by atoms with E-state index in [0.717, 1.165) is 16.2 Å². The number of anilines is 1. The number of hydrogen-bond donors (Lipinski definition) is 2. The van der Waals surface area contributed by atoms with Crippen LogP contribution in [0.5, 0.6) is 0 Å². The van der Waals surface area contributed by atoms with E-state index in [4.69, 9.17) is 0 Å². The first-order valence-corrected chi connectivity index (χ1v) is 11.8. The highest BCUT2D eigenvalue weighted by molar-refractivity contribution is 7.90. The number of aromatic nitrogens is 2. The fourth-order valence-electron chi connectivity index (χ4n) is 3.32. The van der Waals surface area contributed by atoms with Crippen molar-refractivity contribution in [2.75, 3.05) is 5.32 Å². The molecule has 31 heavy (non-hydrogen) atoms. The van der Waals surface area contributed by atoms with Crippen molar-refractivity contribution in [1.29, 1.82) is 0 Å². The van der Waals surface area contributed by atoms with Crippen LogP contribution in [0.25, 0.3) is 16.2 Å². The molecule has 2 aromatic heterocycles. The molecule has 0 saturated heterocycles. The molecule has 0 bridgehead atoms. The summed E-state index contributed by atoms with van der Waals surface area (Å²) >= 11 is 1.57. The second-order valence-electron chi connectivity index (χ2n) is 7.04. The summed E-state index contributed by atoms with van der Waals surface area (Å²) in [6.07, 6.45) is 3.91. The molecular weight excluding hydrogens is 434 g/mol. The SMILES string of the molecule is C[C@H](N=C1NS(=O)(=O)c2ccccc21)C(=O)Nc1ccc(-c2cn3ccsc3n2)cc1. The van der Waals surface area contributed by atoms with Gasteiger partial charge in [0.2, 0.25) is 5.91 Å². The fourth-order valence-corrected chi connectivity index (χ4v) is 5.26. The first kappa shape index (κ1) is 19.5. The van der Waals surface area contributed by atoms with Crippen molar-refractivity contribution in [3.63, 3.8) is 0 Å². The number of nitrogens with one attached hydrogen (secondary N) is 2. The van der Waals surface area contributed by atoms with Gasteiger partial charge in [0.1, 0.15) is 11.9 Å². The molecule has 1 atom stereocenters. The standard InChI is InChI=1S/C21H17N5O3S2/c1-13(22-19-16-4-2-3-5-18(16)31(28,29)25-19)20(27)23-15-8-6-14(7-9-15)17-12-26-10-11-30-21(26)24-17/h2-13H,1H3,(H,22,25)(H,23,27)/t13-/m0/s1. The average Bonchev–Trinajstić information content (AvgIpc) is 3.42. The number of fused-ring (bicyclic) bond motifs is 2. The van der Waals surface area contributed by atoms with Crippen LogP contribution in [0.4, 0.5) is 5.69 Å². The molecule has 0 aliphatic carbocycles. The number of sulfonamides is 1. The van der Waals surface area contributed by atoms with E-state index in [1.807, 2.05) is 34.3 Å². The van der Waals surface area contributed by atoms with Gasteiger partial charge in [-0.3, -0.25) is 18.9 Å². The van der Waals surface area contributed by atoms with Crippen molar-refractivity contribution in [1.82, 2.24) is 14.1 Å². The average molecular weight is 452 g/mol. The first-order chi connectivity index (χ1) is 14.9. The lowest BCUT2D eigenvalue weighted by atomic mass is 10.1. The Morgan fingerprint density at radius 1 is 1.19 bits per heavy atom. The minimum atomic E-state index is -3.64. The number of thiazole rings is 1. The molecule has 0 fully saturated rings. The number of hydrogen-bond acceptors (Lipinski definition) is 6. The number of amidine groups is 1. The van der Waals surface area contributed by atoms with Crippen molar-refractivity contribution in [3.05, 3.63) is 71.9 Å². The van der Waals surface area contributed by atoms with Gasteiger partial charge in [0, 0.05) is 34.6 Å². The van der Waals surface area contributed by atoms with E-state index in [0.29, 0.717) is 11.3 Å². The zero-order chi connectivity index (χ0) is 21.6. The number of aliphatic imine (C=N–C) groups is 1. The summed E-state index contributed by atoms with van der Waals surface area (Å²) < 4.78 is 28.8. The highest BCUT2D eigenvalue weighted by Gasteiger charge is 2.31. The van der Waals surface area contributed by atoms with Crippen LogP contribution in [0, 0.1) is 0 Å². The van der Waals surface area contributed by atoms with Gasteiger partial charge in [-0.2, -0.15) is 0 Å². The molecule has 2 aromatic carbocycles. The molecule has 8 nitrogen and oxygen atoms in total. The van der Waals surface area contributed by atoms with Crippen molar-refractivity contribution >= 4 is 43.8 Å². The monoisotopic (exact) mass is 451 g/mol. The van der Waals surface area contributed by atoms with Crippen molar-refractivity contribution in [2.45, 2.75) is 17.9 Å². The van der Waals surface area contributed by atoms with Gasteiger partial charge in [-0.1, -0.05) is 24.3 Å². The maximum absolute atomic E-state index is 12.6. The second-order valence-corrected chi connectivity index (χ2v) is 9.56. The van der Waals surface area contributed by atoms with Crippen molar-refractivity contribution in [3.8, 4) is 11.3 Å². The third-order valence-corrected chi connectivity index (χ3v) is 7.07. The van der Waals surface area contributed by atoms with E-state index in [1.54, 1.807) is 48.6 Å². The summed E-state index contributed by atoms with van der Waals surface area (Å²) in [4.78, 5) is 22.6. The Morgan fingerprint density at radius 2 is 1.97 bits per heavy atom. The molecule has 156 valence electrons. The maximum Gasteiger partial charge on any atom is 0.263 e. The molecule has 1 aliphatic rings. The number of rotatable bonds is 4. The Morgan fingerprint density at radius 3 is 2.74 bits per heavy atom. The fraction of sp³-hybridized carbons (Fsp3) is 0.0952. The molecule has 0 unspecified atom stereocenters. The molecule has 4 aromatic rings. The summed E-state index contributed by atoms with van der Waals surface area (Å²) in [5.74, 6) is -0.167. The summed E-state index contributed by atoms with van der Waals surface area (Å²) in [5.41, 5.74) is 2.89. The van der Waals surface area contributed by atoms with E-state index in [9.17, 15) is 13.2 Å². The van der Waals surface area contributed by atoms with Gasteiger partial charge < -0.3 is 5.32 Å². The highest BCUT2D eigenvalue weighted by atomic mass is 32.2. The minimum absolute atomic E-state index is 0.163. The molecule has 0 saturated carbocycles. The lowest BCUT2D eigenvalue weighted by Gasteiger charge is -2.10. The quantitative estimate of drug-likeness (QED) is 0.497. The van der Waals surface area contributed by atoms with E-state index >= 15 is 0 Å². The largest absolute Gasteiger partial charge is 0.324 e. The molecule has 0 spiro atoms. The molecular formula is C21H17N5O3S2. The van der Waals surface area contributed by atoms with E-state index in [-0.39, 0.29) is 16.6 Å². The van der Waals surface area contributed by atoms with Gasteiger partial charge in [-0.15, -0.1) is 11.3 Å². The van der Waals surface area contributed by atoms with Crippen LogP contribution in [0.15, 0.2) is 76.2 Å². The van der Waals surface area contributed by atoms with E-state index in [1.165, 1.54) is 6.07 Å². The van der Waals surface area contributed by atoms with Gasteiger partial charge in [0.15, 0.2) is 4.96 Å². The van der Waals surface area contributed by atoms with Crippen LogP contribution < -0.4 is 10.0 Å². The van der Waals surface area contributed by atoms with Gasteiger partial charge in [0.05, 0.1) is 10.6 Å². The normalized spacial score (nSPS) is 16.7. The molecule has 1 amide bonds. The maximum atomic E-state index is 12.6. The van der Waals surface area contributed by atoms with E-state index in [2.05, 4.69) is 20.0 Å². The van der Waals surface area contributed by atoms with E-state index < -0.39 is 16.1 Å². The molecule has 2 N–H and O–H groups in total. The number of amides is 1.